The Balaban J connectivity index is 1.17. The smallest absolute Gasteiger partial charge is 0.0713 e. The molecule has 0 saturated carbocycles. The highest BCUT2D eigenvalue weighted by atomic mass is 14.5. The van der Waals surface area contributed by atoms with E-state index in [0.717, 1.165) is 5.56 Å². The van der Waals surface area contributed by atoms with Crippen LogP contribution in [0.5, 0.6) is 0 Å². The van der Waals surface area contributed by atoms with Gasteiger partial charge in [-0.05, 0) is 94.9 Å². The van der Waals surface area contributed by atoms with Gasteiger partial charge in [-0.15, -0.1) is 0 Å². The summed E-state index contributed by atoms with van der Waals surface area (Å²) in [6, 6.07) is 64.6. The standard InChI is InChI=1S/C46H33N/c47-30-37-28-35-11-4-5-12-36(35)29-42(37)34-20-18-31(19-21-34)32-22-25-39(26-23-32)46(38-13-2-1-3-14-38)43-17-9-8-16-41(43)45-40-15-7-6-10-33(40)24-27-44(45)46/h1-29H,30,47H2. The van der Waals surface area contributed by atoms with Crippen molar-refractivity contribution < 1.29 is 0 Å². The predicted octanol–water partition coefficient (Wildman–Crippen LogP) is 11.1. The molecule has 0 saturated heterocycles. The molecule has 0 aliphatic heterocycles. The van der Waals surface area contributed by atoms with E-state index in [9.17, 15) is 0 Å². The summed E-state index contributed by atoms with van der Waals surface area (Å²) in [5.74, 6) is 0. The molecule has 1 heteroatoms. The molecular weight excluding hydrogens is 567 g/mol. The van der Waals surface area contributed by atoms with Gasteiger partial charge in [0.1, 0.15) is 0 Å². The lowest BCUT2D eigenvalue weighted by atomic mass is 9.67. The van der Waals surface area contributed by atoms with Gasteiger partial charge in [-0.25, -0.2) is 0 Å². The van der Waals surface area contributed by atoms with E-state index in [2.05, 4.69) is 176 Å². The normalized spacial score (nSPS) is 15.1. The molecule has 47 heavy (non-hydrogen) atoms. The van der Waals surface area contributed by atoms with Crippen LogP contribution in [-0.2, 0) is 12.0 Å². The highest BCUT2D eigenvalue weighted by molar-refractivity contribution is 6.04. The van der Waals surface area contributed by atoms with E-state index in [4.69, 9.17) is 5.73 Å². The fourth-order valence-electron chi connectivity index (χ4n) is 8.00. The van der Waals surface area contributed by atoms with Gasteiger partial charge in [0.25, 0.3) is 0 Å². The fourth-order valence-corrected chi connectivity index (χ4v) is 8.00. The van der Waals surface area contributed by atoms with Crippen LogP contribution < -0.4 is 5.73 Å². The first-order valence-electron chi connectivity index (χ1n) is 16.4. The third-order valence-electron chi connectivity index (χ3n) is 10.2. The lowest BCUT2D eigenvalue weighted by Gasteiger charge is -2.34. The summed E-state index contributed by atoms with van der Waals surface area (Å²) < 4.78 is 0. The summed E-state index contributed by atoms with van der Waals surface area (Å²) in [5, 5.41) is 5.03. The van der Waals surface area contributed by atoms with E-state index in [-0.39, 0.29) is 0 Å². The van der Waals surface area contributed by atoms with E-state index in [0.29, 0.717) is 6.54 Å². The number of hydrogen-bond acceptors (Lipinski definition) is 1. The van der Waals surface area contributed by atoms with Crippen molar-refractivity contribution in [2.75, 3.05) is 0 Å². The summed E-state index contributed by atoms with van der Waals surface area (Å²) in [7, 11) is 0. The molecule has 1 atom stereocenters. The van der Waals surface area contributed by atoms with Crippen LogP contribution in [0.3, 0.4) is 0 Å². The predicted molar refractivity (Wildman–Crippen MR) is 198 cm³/mol. The van der Waals surface area contributed by atoms with E-state index < -0.39 is 5.41 Å². The molecule has 2 N–H and O–H groups in total. The second-order valence-corrected chi connectivity index (χ2v) is 12.6. The molecule has 0 heterocycles. The second kappa shape index (κ2) is 10.9. The molecule has 9 rings (SSSR count). The second-order valence-electron chi connectivity index (χ2n) is 12.6. The SMILES string of the molecule is NCc1cc2ccccc2cc1-c1ccc(-c2ccc(C3(c4ccccc4)c4ccccc4-c4c3ccc3ccccc43)cc2)cc1. The van der Waals surface area contributed by atoms with Crippen LogP contribution in [0.15, 0.2) is 176 Å². The first-order chi connectivity index (χ1) is 23.3. The molecular formula is C46H33N. The van der Waals surface area contributed by atoms with Crippen LogP contribution >= 0.6 is 0 Å². The molecule has 1 aliphatic carbocycles. The zero-order valence-electron chi connectivity index (χ0n) is 26.0. The maximum Gasteiger partial charge on any atom is 0.0713 e. The Hall–Kier alpha value is -5.76. The minimum absolute atomic E-state index is 0.422. The Morgan fingerprint density at radius 3 is 1.72 bits per heavy atom. The van der Waals surface area contributed by atoms with Crippen LogP contribution in [-0.4, -0.2) is 0 Å². The number of benzene rings is 8. The van der Waals surface area contributed by atoms with E-state index in [1.54, 1.807) is 0 Å². The third-order valence-corrected chi connectivity index (χ3v) is 10.2. The Kier molecular flexibility index (Phi) is 6.41. The molecule has 0 fully saturated rings. The average molecular weight is 600 g/mol. The van der Waals surface area contributed by atoms with Crippen LogP contribution in [0.4, 0.5) is 0 Å². The number of nitrogens with two attached hydrogens (primary N) is 1. The molecule has 222 valence electrons. The number of rotatable bonds is 5. The molecule has 1 unspecified atom stereocenters. The Labute approximate surface area is 275 Å². The summed E-state index contributed by atoms with van der Waals surface area (Å²) >= 11 is 0. The van der Waals surface area contributed by atoms with Crippen molar-refractivity contribution in [2.24, 2.45) is 5.73 Å². The largest absolute Gasteiger partial charge is 0.326 e. The molecule has 0 spiro atoms. The molecule has 8 aromatic carbocycles. The van der Waals surface area contributed by atoms with Crippen molar-refractivity contribution in [3.8, 4) is 33.4 Å². The van der Waals surface area contributed by atoms with Crippen molar-refractivity contribution in [1.29, 1.82) is 0 Å². The van der Waals surface area contributed by atoms with Gasteiger partial charge in [0.2, 0.25) is 0 Å². The van der Waals surface area contributed by atoms with Gasteiger partial charge in [-0.1, -0.05) is 164 Å². The highest BCUT2D eigenvalue weighted by Gasteiger charge is 2.46. The van der Waals surface area contributed by atoms with Gasteiger partial charge in [0.15, 0.2) is 0 Å². The number of hydrogen-bond donors (Lipinski definition) is 1. The molecule has 0 radical (unpaired) electrons. The van der Waals surface area contributed by atoms with E-state index in [1.807, 2.05) is 0 Å². The van der Waals surface area contributed by atoms with Crippen LogP contribution in [0.1, 0.15) is 27.8 Å². The summed E-state index contributed by atoms with van der Waals surface area (Å²) in [6.45, 7) is 0.509. The van der Waals surface area contributed by atoms with Crippen molar-refractivity contribution in [3.05, 3.63) is 204 Å². The minimum atomic E-state index is -0.422. The van der Waals surface area contributed by atoms with Crippen molar-refractivity contribution in [1.82, 2.24) is 0 Å². The molecule has 8 aromatic rings. The molecule has 1 nitrogen and oxygen atoms in total. The fraction of sp³-hybridized carbons (Fsp3) is 0.0435. The lowest BCUT2D eigenvalue weighted by molar-refractivity contribution is 0.769. The maximum atomic E-state index is 6.21. The number of fused-ring (bicyclic) bond motifs is 6. The van der Waals surface area contributed by atoms with Gasteiger partial charge < -0.3 is 5.73 Å². The van der Waals surface area contributed by atoms with E-state index in [1.165, 1.54) is 77.2 Å². The Bertz CT molecular complexity index is 2420. The summed E-state index contributed by atoms with van der Waals surface area (Å²) in [6.07, 6.45) is 0. The zero-order valence-corrected chi connectivity index (χ0v) is 26.0. The monoisotopic (exact) mass is 599 g/mol. The van der Waals surface area contributed by atoms with Crippen LogP contribution in [0.25, 0.3) is 54.9 Å². The van der Waals surface area contributed by atoms with Gasteiger partial charge >= 0.3 is 0 Å². The molecule has 0 aromatic heterocycles. The highest BCUT2D eigenvalue weighted by Crippen LogP contribution is 2.57. The molecule has 1 aliphatic rings. The summed E-state index contributed by atoms with van der Waals surface area (Å²) in [5.41, 5.74) is 19.6. The van der Waals surface area contributed by atoms with Crippen molar-refractivity contribution in [2.45, 2.75) is 12.0 Å². The Morgan fingerprint density at radius 2 is 0.979 bits per heavy atom. The molecule has 0 bridgehead atoms. The topological polar surface area (TPSA) is 26.0 Å². The maximum absolute atomic E-state index is 6.21. The van der Waals surface area contributed by atoms with Crippen molar-refractivity contribution in [3.63, 3.8) is 0 Å². The molecule has 0 amide bonds. The minimum Gasteiger partial charge on any atom is -0.326 e. The zero-order chi connectivity index (χ0) is 31.4. The van der Waals surface area contributed by atoms with Gasteiger partial charge in [-0.2, -0.15) is 0 Å². The quantitative estimate of drug-likeness (QED) is 0.209. The van der Waals surface area contributed by atoms with Gasteiger partial charge in [0, 0.05) is 6.54 Å². The van der Waals surface area contributed by atoms with Crippen LogP contribution in [0, 0.1) is 0 Å². The van der Waals surface area contributed by atoms with Gasteiger partial charge in [0.05, 0.1) is 5.41 Å². The average Bonchev–Trinajstić information content (AvgIpc) is 3.46. The van der Waals surface area contributed by atoms with Crippen molar-refractivity contribution >= 4 is 21.5 Å². The summed E-state index contributed by atoms with van der Waals surface area (Å²) in [4.78, 5) is 0. The third kappa shape index (κ3) is 4.21. The van der Waals surface area contributed by atoms with E-state index >= 15 is 0 Å². The first-order valence-corrected chi connectivity index (χ1v) is 16.4. The lowest BCUT2D eigenvalue weighted by Crippen LogP contribution is -2.28. The first kappa shape index (κ1) is 27.5. The Morgan fingerprint density at radius 1 is 0.404 bits per heavy atom. The van der Waals surface area contributed by atoms with Gasteiger partial charge in [-0.3, -0.25) is 0 Å². The van der Waals surface area contributed by atoms with Crippen LogP contribution in [0.2, 0.25) is 0 Å².